The minimum Gasteiger partial charge on any atom is -0.348 e. The summed E-state index contributed by atoms with van der Waals surface area (Å²) in [5, 5.41) is 11.6. The number of benzene rings is 1. The predicted octanol–water partition coefficient (Wildman–Crippen LogP) is 2.59. The van der Waals surface area contributed by atoms with Crippen molar-refractivity contribution in [3.63, 3.8) is 0 Å². The Morgan fingerprint density at radius 3 is 2.85 bits per heavy atom. The zero-order chi connectivity index (χ0) is 18.8. The Morgan fingerprint density at radius 2 is 2.11 bits per heavy atom. The molecule has 138 valence electrons. The van der Waals surface area contributed by atoms with E-state index in [1.807, 2.05) is 50.4 Å². The first-order chi connectivity index (χ1) is 13.1. The molecule has 1 aliphatic rings. The summed E-state index contributed by atoms with van der Waals surface area (Å²) >= 11 is 0. The van der Waals surface area contributed by atoms with E-state index in [1.165, 1.54) is 5.57 Å². The number of fused-ring (bicyclic) bond motifs is 1. The number of hydrogen-bond donors (Lipinski definition) is 2. The molecule has 1 aromatic carbocycles. The lowest BCUT2D eigenvalue weighted by Gasteiger charge is -2.15. The molecule has 0 saturated carbocycles. The molecule has 0 radical (unpaired) electrons. The summed E-state index contributed by atoms with van der Waals surface area (Å²) in [6, 6.07) is 11.8. The van der Waals surface area contributed by atoms with Crippen LogP contribution in [0.4, 0.5) is 0 Å². The summed E-state index contributed by atoms with van der Waals surface area (Å²) in [5.41, 5.74) is 5.18. The van der Waals surface area contributed by atoms with Crippen molar-refractivity contribution in [3.05, 3.63) is 59.3 Å². The first-order valence-corrected chi connectivity index (χ1v) is 9.20. The van der Waals surface area contributed by atoms with Crippen molar-refractivity contribution in [2.45, 2.75) is 13.3 Å². The fourth-order valence-electron chi connectivity index (χ4n) is 3.50. The normalized spacial score (nSPS) is 14.2. The lowest BCUT2D eigenvalue weighted by Crippen LogP contribution is -2.29. The SMILES string of the molecule is Cc1nn(C)c2nc(-c3ccccc3)cc(C(=O)NCC3=CCNCC3)c12. The minimum atomic E-state index is -0.0879. The van der Waals surface area contributed by atoms with E-state index in [1.54, 1.807) is 4.68 Å². The summed E-state index contributed by atoms with van der Waals surface area (Å²) in [6.45, 7) is 4.31. The van der Waals surface area contributed by atoms with Crippen LogP contribution in [0, 0.1) is 6.92 Å². The summed E-state index contributed by atoms with van der Waals surface area (Å²) in [6.07, 6.45) is 3.11. The van der Waals surface area contributed by atoms with E-state index in [4.69, 9.17) is 4.98 Å². The van der Waals surface area contributed by atoms with Gasteiger partial charge in [0.15, 0.2) is 5.65 Å². The van der Waals surface area contributed by atoms with Gasteiger partial charge in [-0.1, -0.05) is 42.0 Å². The molecule has 0 atom stereocenters. The van der Waals surface area contributed by atoms with Gasteiger partial charge in [-0.2, -0.15) is 5.10 Å². The van der Waals surface area contributed by atoms with E-state index < -0.39 is 0 Å². The lowest BCUT2D eigenvalue weighted by atomic mass is 10.0. The Balaban J connectivity index is 1.73. The number of pyridine rings is 1. The second-order valence-corrected chi connectivity index (χ2v) is 6.83. The maximum absolute atomic E-state index is 13.0. The first-order valence-electron chi connectivity index (χ1n) is 9.20. The molecule has 0 aliphatic carbocycles. The molecule has 3 heterocycles. The van der Waals surface area contributed by atoms with E-state index in [9.17, 15) is 4.79 Å². The molecule has 3 aromatic rings. The minimum absolute atomic E-state index is 0.0879. The second kappa shape index (κ2) is 7.32. The van der Waals surface area contributed by atoms with Crippen LogP contribution >= 0.6 is 0 Å². The fraction of sp³-hybridized carbons (Fsp3) is 0.286. The topological polar surface area (TPSA) is 71.8 Å². The Bertz CT molecular complexity index is 1020. The number of carbonyl (C=O) groups is 1. The summed E-state index contributed by atoms with van der Waals surface area (Å²) in [7, 11) is 1.86. The van der Waals surface area contributed by atoms with Crippen LogP contribution in [-0.2, 0) is 7.05 Å². The average Bonchev–Trinajstić information content (AvgIpc) is 3.00. The Kier molecular flexibility index (Phi) is 4.73. The third-order valence-electron chi connectivity index (χ3n) is 4.92. The number of nitrogens with zero attached hydrogens (tertiary/aromatic N) is 3. The largest absolute Gasteiger partial charge is 0.348 e. The molecule has 0 spiro atoms. The van der Waals surface area contributed by atoms with Crippen LogP contribution in [-0.4, -0.2) is 40.3 Å². The van der Waals surface area contributed by atoms with Crippen molar-refractivity contribution < 1.29 is 4.79 Å². The van der Waals surface area contributed by atoms with E-state index in [-0.39, 0.29) is 5.91 Å². The molecule has 27 heavy (non-hydrogen) atoms. The van der Waals surface area contributed by atoms with Crippen molar-refractivity contribution in [3.8, 4) is 11.3 Å². The molecular formula is C21H23N5O. The van der Waals surface area contributed by atoms with Crippen molar-refractivity contribution in [1.29, 1.82) is 0 Å². The molecule has 0 fully saturated rings. The highest BCUT2D eigenvalue weighted by atomic mass is 16.1. The van der Waals surface area contributed by atoms with Crippen molar-refractivity contribution in [2.24, 2.45) is 7.05 Å². The van der Waals surface area contributed by atoms with E-state index in [0.717, 1.165) is 47.5 Å². The van der Waals surface area contributed by atoms with Gasteiger partial charge in [-0.05, 0) is 26.0 Å². The highest BCUT2D eigenvalue weighted by Crippen LogP contribution is 2.26. The molecular weight excluding hydrogens is 338 g/mol. The number of rotatable bonds is 4. The van der Waals surface area contributed by atoms with E-state index in [0.29, 0.717) is 12.1 Å². The highest BCUT2D eigenvalue weighted by Gasteiger charge is 2.19. The summed E-state index contributed by atoms with van der Waals surface area (Å²) in [5.74, 6) is -0.0879. The first kappa shape index (κ1) is 17.4. The molecule has 2 N–H and O–H groups in total. The van der Waals surface area contributed by atoms with E-state index >= 15 is 0 Å². The zero-order valence-electron chi connectivity index (χ0n) is 15.6. The summed E-state index contributed by atoms with van der Waals surface area (Å²) in [4.78, 5) is 17.8. The van der Waals surface area contributed by atoms with Gasteiger partial charge in [0.25, 0.3) is 5.91 Å². The van der Waals surface area contributed by atoms with Crippen LogP contribution in [0.2, 0.25) is 0 Å². The van der Waals surface area contributed by atoms with Gasteiger partial charge in [0.2, 0.25) is 0 Å². The Labute approximate surface area is 158 Å². The smallest absolute Gasteiger partial charge is 0.252 e. The molecule has 4 rings (SSSR count). The zero-order valence-corrected chi connectivity index (χ0v) is 15.6. The average molecular weight is 361 g/mol. The van der Waals surface area contributed by atoms with Gasteiger partial charge < -0.3 is 10.6 Å². The fourth-order valence-corrected chi connectivity index (χ4v) is 3.50. The van der Waals surface area contributed by atoms with Crippen molar-refractivity contribution in [1.82, 2.24) is 25.4 Å². The van der Waals surface area contributed by atoms with Gasteiger partial charge in [-0.25, -0.2) is 4.98 Å². The van der Waals surface area contributed by atoms with Crippen LogP contribution in [0.25, 0.3) is 22.3 Å². The van der Waals surface area contributed by atoms with Gasteiger partial charge in [0, 0.05) is 25.7 Å². The second-order valence-electron chi connectivity index (χ2n) is 6.83. The highest BCUT2D eigenvalue weighted by molar-refractivity contribution is 6.07. The third kappa shape index (κ3) is 3.48. The number of aryl methyl sites for hydroxylation is 2. The van der Waals surface area contributed by atoms with Gasteiger partial charge in [0.05, 0.1) is 22.3 Å². The van der Waals surface area contributed by atoms with Crippen LogP contribution in [0.15, 0.2) is 48.0 Å². The van der Waals surface area contributed by atoms with Crippen LogP contribution < -0.4 is 10.6 Å². The molecule has 1 aliphatic heterocycles. The molecule has 6 heteroatoms. The Morgan fingerprint density at radius 1 is 1.30 bits per heavy atom. The summed E-state index contributed by atoms with van der Waals surface area (Å²) < 4.78 is 1.74. The molecule has 0 saturated heterocycles. The quantitative estimate of drug-likeness (QED) is 0.701. The van der Waals surface area contributed by atoms with Crippen LogP contribution in [0.1, 0.15) is 22.5 Å². The monoisotopic (exact) mass is 361 g/mol. The number of aromatic nitrogens is 3. The molecule has 2 aromatic heterocycles. The van der Waals surface area contributed by atoms with Crippen molar-refractivity contribution >= 4 is 16.9 Å². The van der Waals surface area contributed by atoms with Crippen molar-refractivity contribution in [2.75, 3.05) is 19.6 Å². The van der Waals surface area contributed by atoms with Gasteiger partial charge >= 0.3 is 0 Å². The number of nitrogens with one attached hydrogen (secondary N) is 2. The van der Waals surface area contributed by atoms with Gasteiger partial charge in [-0.15, -0.1) is 0 Å². The maximum Gasteiger partial charge on any atom is 0.252 e. The molecule has 0 bridgehead atoms. The Hall–Kier alpha value is -2.99. The predicted molar refractivity (Wildman–Crippen MR) is 107 cm³/mol. The molecule has 0 unspecified atom stereocenters. The van der Waals surface area contributed by atoms with E-state index in [2.05, 4.69) is 21.8 Å². The third-order valence-corrected chi connectivity index (χ3v) is 4.92. The van der Waals surface area contributed by atoms with Crippen LogP contribution in [0.3, 0.4) is 0 Å². The number of carbonyl (C=O) groups excluding carboxylic acids is 1. The van der Waals surface area contributed by atoms with Crippen LogP contribution in [0.5, 0.6) is 0 Å². The molecule has 6 nitrogen and oxygen atoms in total. The lowest BCUT2D eigenvalue weighted by molar-refractivity contribution is 0.0958. The number of amides is 1. The van der Waals surface area contributed by atoms with Gasteiger partial charge in [0.1, 0.15) is 0 Å². The molecule has 1 amide bonds. The maximum atomic E-state index is 13.0. The standard InChI is InChI=1S/C21H23N5O/c1-14-19-17(21(27)23-13-15-8-10-22-11-9-15)12-18(16-6-4-3-5-7-16)24-20(19)26(2)25-14/h3-8,12,22H,9-11,13H2,1-2H3,(H,23,27). The number of hydrogen-bond acceptors (Lipinski definition) is 4. The van der Waals surface area contributed by atoms with Gasteiger partial charge in [-0.3, -0.25) is 9.48 Å².